The molecule has 24 heavy (non-hydrogen) atoms. The molecule has 7 nitrogen and oxygen atoms in total. The van der Waals surface area contributed by atoms with Gasteiger partial charge in [0, 0.05) is 45.2 Å². The van der Waals surface area contributed by atoms with Crippen molar-refractivity contribution in [2.24, 2.45) is 0 Å². The Balaban J connectivity index is 2.27. The Morgan fingerprint density at radius 3 is 2.67 bits per heavy atom. The lowest BCUT2D eigenvalue weighted by Crippen LogP contribution is -2.27. The molecular formula is C17H23N5O2. The summed E-state index contributed by atoms with van der Waals surface area (Å²) in [6.07, 6.45) is 0.386. The first-order valence-electron chi connectivity index (χ1n) is 7.85. The first kappa shape index (κ1) is 17.7. The molecule has 0 saturated heterocycles. The highest BCUT2D eigenvalue weighted by Crippen LogP contribution is 2.22. The molecule has 0 spiro atoms. The zero-order valence-electron chi connectivity index (χ0n) is 14.0. The van der Waals surface area contributed by atoms with Crippen LogP contribution >= 0.6 is 0 Å². The number of aromatic nitrogens is 2. The number of hydrogen-bond acceptors (Lipinski definition) is 6. The van der Waals surface area contributed by atoms with Crippen LogP contribution in [0.4, 0.5) is 11.6 Å². The Morgan fingerprint density at radius 2 is 2.00 bits per heavy atom. The molecule has 0 unspecified atom stereocenters. The maximum Gasteiger partial charge on any atom is 0.221 e. The van der Waals surface area contributed by atoms with Crippen LogP contribution in [0.3, 0.4) is 0 Å². The summed E-state index contributed by atoms with van der Waals surface area (Å²) in [5.41, 5.74) is 0.908. The zero-order valence-corrected chi connectivity index (χ0v) is 14.0. The van der Waals surface area contributed by atoms with Crippen molar-refractivity contribution in [1.29, 1.82) is 0 Å². The molecule has 0 radical (unpaired) electrons. The van der Waals surface area contributed by atoms with Crippen molar-refractivity contribution in [3.05, 3.63) is 36.4 Å². The smallest absolute Gasteiger partial charge is 0.221 e. The summed E-state index contributed by atoms with van der Waals surface area (Å²) < 4.78 is 0. The second kappa shape index (κ2) is 8.83. The summed E-state index contributed by atoms with van der Waals surface area (Å²) in [4.78, 5) is 22.4. The molecule has 7 heteroatoms. The number of amides is 1. The highest BCUT2D eigenvalue weighted by molar-refractivity contribution is 5.76. The van der Waals surface area contributed by atoms with Crippen molar-refractivity contribution >= 4 is 17.5 Å². The number of rotatable bonds is 8. The summed E-state index contributed by atoms with van der Waals surface area (Å²) in [5.74, 6) is 1.94. The van der Waals surface area contributed by atoms with Crippen molar-refractivity contribution in [3.8, 4) is 11.4 Å². The van der Waals surface area contributed by atoms with E-state index in [1.165, 1.54) is 0 Å². The summed E-state index contributed by atoms with van der Waals surface area (Å²) in [6.45, 7) is 0.976. The molecule has 1 aromatic heterocycles. The second-order valence-electron chi connectivity index (χ2n) is 5.30. The number of aliphatic hydroxyl groups is 1. The van der Waals surface area contributed by atoms with Gasteiger partial charge in [0.25, 0.3) is 0 Å². The third-order valence-electron chi connectivity index (χ3n) is 3.51. The fourth-order valence-electron chi connectivity index (χ4n) is 2.13. The van der Waals surface area contributed by atoms with Crippen LogP contribution < -0.4 is 15.5 Å². The molecule has 0 fully saturated rings. The minimum Gasteiger partial charge on any atom is -0.395 e. The molecule has 1 amide bonds. The van der Waals surface area contributed by atoms with E-state index < -0.39 is 0 Å². The lowest BCUT2D eigenvalue weighted by Gasteiger charge is -2.19. The maximum absolute atomic E-state index is 11.4. The topological polar surface area (TPSA) is 90.4 Å². The highest BCUT2D eigenvalue weighted by atomic mass is 16.3. The molecule has 3 N–H and O–H groups in total. The van der Waals surface area contributed by atoms with Crippen molar-refractivity contribution in [3.63, 3.8) is 0 Å². The van der Waals surface area contributed by atoms with E-state index in [1.807, 2.05) is 48.3 Å². The highest BCUT2D eigenvalue weighted by Gasteiger charge is 2.11. The minimum atomic E-state index is -0.0159. The van der Waals surface area contributed by atoms with E-state index in [9.17, 15) is 4.79 Å². The Morgan fingerprint density at radius 1 is 1.25 bits per heavy atom. The van der Waals surface area contributed by atoms with Crippen LogP contribution in [0, 0.1) is 0 Å². The quantitative estimate of drug-likeness (QED) is 0.672. The lowest BCUT2D eigenvalue weighted by atomic mass is 10.2. The molecule has 0 aliphatic carbocycles. The molecule has 0 aliphatic heterocycles. The summed E-state index contributed by atoms with van der Waals surface area (Å²) in [5, 5.41) is 14.7. The van der Waals surface area contributed by atoms with Gasteiger partial charge in [0.05, 0.1) is 6.61 Å². The van der Waals surface area contributed by atoms with Gasteiger partial charge in [-0.05, 0) is 0 Å². The average Bonchev–Trinajstić information content (AvgIpc) is 2.64. The molecule has 1 heterocycles. The van der Waals surface area contributed by atoms with Crippen molar-refractivity contribution in [2.75, 3.05) is 44.0 Å². The molecule has 2 aromatic rings. The maximum atomic E-state index is 11.4. The van der Waals surface area contributed by atoms with E-state index >= 15 is 0 Å². The van der Waals surface area contributed by atoms with E-state index in [1.54, 1.807) is 7.05 Å². The number of aliphatic hydroxyl groups excluding tert-OH is 1. The number of nitrogens with zero attached hydrogens (tertiary/aromatic N) is 3. The van der Waals surface area contributed by atoms with E-state index in [2.05, 4.69) is 20.6 Å². The number of nitrogens with one attached hydrogen (secondary N) is 2. The fraction of sp³-hybridized carbons (Fsp3) is 0.353. The number of carbonyl (C=O) groups excluding carboxylic acids is 1. The Labute approximate surface area is 141 Å². The first-order valence-corrected chi connectivity index (χ1v) is 7.85. The van der Waals surface area contributed by atoms with E-state index in [0.717, 1.165) is 5.56 Å². The van der Waals surface area contributed by atoms with Crippen LogP contribution in [0.2, 0.25) is 0 Å². The van der Waals surface area contributed by atoms with Crippen molar-refractivity contribution < 1.29 is 9.90 Å². The monoisotopic (exact) mass is 329 g/mol. The number of benzene rings is 1. The molecule has 2 rings (SSSR count). The van der Waals surface area contributed by atoms with Gasteiger partial charge in [-0.1, -0.05) is 30.3 Å². The SMILES string of the molecule is CNC(=O)CCN(C)c1cc(NCCO)nc(-c2ccccc2)n1. The van der Waals surface area contributed by atoms with Gasteiger partial charge in [-0.3, -0.25) is 4.79 Å². The number of hydrogen-bond donors (Lipinski definition) is 3. The van der Waals surface area contributed by atoms with Crippen LogP contribution in [0.25, 0.3) is 11.4 Å². The predicted molar refractivity (Wildman–Crippen MR) is 95.0 cm³/mol. The van der Waals surface area contributed by atoms with Gasteiger partial charge < -0.3 is 20.6 Å². The number of anilines is 2. The van der Waals surface area contributed by atoms with Gasteiger partial charge in [0.2, 0.25) is 5.91 Å². The van der Waals surface area contributed by atoms with Crippen LogP contribution in [-0.4, -0.2) is 54.8 Å². The Kier molecular flexibility index (Phi) is 6.51. The normalized spacial score (nSPS) is 10.3. The molecule has 0 bridgehead atoms. The first-order chi connectivity index (χ1) is 11.6. The molecule has 1 aromatic carbocycles. The third kappa shape index (κ3) is 4.92. The lowest BCUT2D eigenvalue weighted by molar-refractivity contribution is -0.120. The molecule has 0 atom stereocenters. The van der Waals surface area contributed by atoms with Gasteiger partial charge in [0.15, 0.2) is 5.82 Å². The Hall–Kier alpha value is -2.67. The molecular weight excluding hydrogens is 306 g/mol. The van der Waals surface area contributed by atoms with E-state index in [-0.39, 0.29) is 12.5 Å². The van der Waals surface area contributed by atoms with Crippen molar-refractivity contribution in [1.82, 2.24) is 15.3 Å². The zero-order chi connectivity index (χ0) is 17.4. The predicted octanol–water partition coefficient (Wildman–Crippen LogP) is 1.12. The summed E-state index contributed by atoms with van der Waals surface area (Å²) >= 11 is 0. The van der Waals surface area contributed by atoms with Gasteiger partial charge in [-0.15, -0.1) is 0 Å². The largest absolute Gasteiger partial charge is 0.395 e. The van der Waals surface area contributed by atoms with Crippen LogP contribution in [-0.2, 0) is 4.79 Å². The van der Waals surface area contributed by atoms with Crippen molar-refractivity contribution in [2.45, 2.75) is 6.42 Å². The van der Waals surface area contributed by atoms with Crippen LogP contribution in [0.1, 0.15) is 6.42 Å². The van der Waals surface area contributed by atoms with Crippen LogP contribution in [0.15, 0.2) is 36.4 Å². The minimum absolute atomic E-state index is 0.0159. The molecule has 128 valence electrons. The van der Waals surface area contributed by atoms with E-state index in [4.69, 9.17) is 5.11 Å². The van der Waals surface area contributed by atoms with Gasteiger partial charge in [-0.2, -0.15) is 0 Å². The standard InChI is InChI=1S/C17H23N5O2/c1-18-16(24)8-10-22(2)15-12-14(19-9-11-23)20-17(21-15)13-6-4-3-5-7-13/h3-7,12,23H,8-11H2,1-2H3,(H,18,24)(H,19,20,21). The van der Waals surface area contributed by atoms with E-state index in [0.29, 0.717) is 37.0 Å². The summed E-state index contributed by atoms with van der Waals surface area (Å²) in [7, 11) is 3.51. The third-order valence-corrected chi connectivity index (χ3v) is 3.51. The fourth-order valence-corrected chi connectivity index (χ4v) is 2.13. The average molecular weight is 329 g/mol. The molecule has 0 aliphatic rings. The number of carbonyl (C=O) groups is 1. The Bertz CT molecular complexity index is 663. The second-order valence-corrected chi connectivity index (χ2v) is 5.30. The van der Waals surface area contributed by atoms with Crippen LogP contribution in [0.5, 0.6) is 0 Å². The van der Waals surface area contributed by atoms with Gasteiger partial charge >= 0.3 is 0 Å². The van der Waals surface area contributed by atoms with Gasteiger partial charge in [0.1, 0.15) is 11.6 Å². The summed E-state index contributed by atoms with van der Waals surface area (Å²) in [6, 6.07) is 11.5. The molecule has 0 saturated carbocycles. The van der Waals surface area contributed by atoms with Gasteiger partial charge in [-0.25, -0.2) is 9.97 Å².